The van der Waals surface area contributed by atoms with Gasteiger partial charge in [-0.1, -0.05) is 12.1 Å². The van der Waals surface area contributed by atoms with E-state index in [1.54, 1.807) is 31.5 Å². The summed E-state index contributed by atoms with van der Waals surface area (Å²) in [6.45, 7) is 1.25. The highest BCUT2D eigenvalue weighted by Crippen LogP contribution is 2.40. The molecule has 2 saturated heterocycles. The molecule has 0 unspecified atom stereocenters. The number of benzene rings is 1. The van der Waals surface area contributed by atoms with Crippen molar-refractivity contribution in [3.05, 3.63) is 42.2 Å². The molecule has 35 heavy (non-hydrogen) atoms. The second kappa shape index (κ2) is 9.79. The number of aromatic nitrogens is 2. The first-order chi connectivity index (χ1) is 17.0. The van der Waals surface area contributed by atoms with Crippen molar-refractivity contribution < 1.29 is 28.5 Å². The van der Waals surface area contributed by atoms with Crippen LogP contribution in [0.3, 0.4) is 0 Å². The highest BCUT2D eigenvalue weighted by Gasteiger charge is 2.51. The van der Waals surface area contributed by atoms with Gasteiger partial charge in [-0.3, -0.25) is 9.88 Å². The van der Waals surface area contributed by atoms with Crippen LogP contribution in [0, 0.1) is 0 Å². The van der Waals surface area contributed by atoms with Gasteiger partial charge in [-0.25, -0.2) is 14.2 Å². The quantitative estimate of drug-likeness (QED) is 0.596. The van der Waals surface area contributed by atoms with Crippen molar-refractivity contribution in [2.24, 2.45) is 0 Å². The summed E-state index contributed by atoms with van der Waals surface area (Å²) in [6, 6.07) is 4.65. The van der Waals surface area contributed by atoms with Crippen LogP contribution in [0.1, 0.15) is 24.8 Å². The predicted octanol–water partition coefficient (Wildman–Crippen LogP) is 3.60. The molecule has 2 aromatic rings. The Labute approximate surface area is 203 Å². The lowest BCUT2D eigenvalue weighted by Gasteiger charge is -2.43. The number of anilines is 1. The number of alkyl halides is 1. The summed E-state index contributed by atoms with van der Waals surface area (Å²) in [7, 11) is 3.35. The molecular formula is C25H29FN4O5. The first-order valence-electron chi connectivity index (χ1n) is 11.7. The Morgan fingerprint density at radius 3 is 2.86 bits per heavy atom. The number of hydrogen-bond acceptors (Lipinski definition) is 7. The summed E-state index contributed by atoms with van der Waals surface area (Å²) in [6.07, 6.45) is 4.66. The predicted molar refractivity (Wildman–Crippen MR) is 127 cm³/mol. The number of nitrogens with zero attached hydrogens (tertiary/aromatic N) is 4. The van der Waals surface area contributed by atoms with Crippen LogP contribution in [0.5, 0.6) is 5.75 Å². The first-order valence-corrected chi connectivity index (χ1v) is 11.7. The lowest BCUT2D eigenvalue weighted by molar-refractivity contribution is 0.0489. The summed E-state index contributed by atoms with van der Waals surface area (Å²) in [5, 5.41) is 9.47. The zero-order valence-corrected chi connectivity index (χ0v) is 19.8. The summed E-state index contributed by atoms with van der Waals surface area (Å²) in [4.78, 5) is 23.8. The van der Waals surface area contributed by atoms with E-state index in [-0.39, 0.29) is 12.8 Å². The van der Waals surface area contributed by atoms with Gasteiger partial charge in [0.1, 0.15) is 17.7 Å². The van der Waals surface area contributed by atoms with Gasteiger partial charge in [0.2, 0.25) is 0 Å². The molecule has 5 rings (SSSR count). The van der Waals surface area contributed by atoms with Crippen molar-refractivity contribution in [3.63, 3.8) is 0 Å². The van der Waals surface area contributed by atoms with Crippen LogP contribution in [0.25, 0.3) is 16.8 Å². The fourth-order valence-electron chi connectivity index (χ4n) is 5.37. The van der Waals surface area contributed by atoms with Crippen LogP contribution in [0.15, 0.2) is 36.7 Å². The van der Waals surface area contributed by atoms with E-state index in [0.29, 0.717) is 49.7 Å². The Balaban J connectivity index is 1.36. The molecule has 3 aliphatic heterocycles. The maximum absolute atomic E-state index is 15.3. The normalized spacial score (nSPS) is 25.5. The number of fused-ring (bicyclic) bond motifs is 2. The highest BCUT2D eigenvalue weighted by molar-refractivity contribution is 5.75. The Morgan fingerprint density at radius 2 is 2.17 bits per heavy atom. The molecule has 10 heteroatoms. The van der Waals surface area contributed by atoms with E-state index in [0.717, 1.165) is 16.7 Å². The number of halogens is 1. The second-order valence-electron chi connectivity index (χ2n) is 9.11. The van der Waals surface area contributed by atoms with Gasteiger partial charge in [0.05, 0.1) is 43.4 Å². The SMILES string of the molecule is COCOc1cc(C2=CCOC2)ccc1-c1cnc(N(C)[C@H]2C[C@@H]3CC[C@H]([C@H]2F)N3C(=O)O)cn1. The van der Waals surface area contributed by atoms with E-state index in [2.05, 4.69) is 9.97 Å². The van der Waals surface area contributed by atoms with Crippen LogP contribution < -0.4 is 9.64 Å². The fourth-order valence-corrected chi connectivity index (χ4v) is 5.37. The average Bonchev–Trinajstić information content (AvgIpc) is 3.53. The van der Waals surface area contributed by atoms with Crippen LogP contribution >= 0.6 is 0 Å². The molecule has 4 atom stereocenters. The molecule has 9 nitrogen and oxygen atoms in total. The third-order valence-corrected chi connectivity index (χ3v) is 7.18. The molecule has 3 aliphatic rings. The maximum atomic E-state index is 15.3. The van der Waals surface area contributed by atoms with E-state index in [1.165, 1.54) is 4.90 Å². The average molecular weight is 485 g/mol. The standard InChI is InChI=1S/C25H29FN4O5/c1-29(21-10-17-4-6-20(24(21)26)30(17)25(31)32)23-12-27-19(11-28-23)18-5-3-15(16-7-8-34-13-16)9-22(18)35-14-33-2/h3,5,7,9,11-12,17,20-21,24H,4,6,8,10,13-14H2,1-2H3,(H,31,32)/t17-,20+,21-,24+/m0/s1. The van der Waals surface area contributed by atoms with Gasteiger partial charge < -0.3 is 24.2 Å². The first kappa shape index (κ1) is 23.5. The minimum absolute atomic E-state index is 0.0928. The topological polar surface area (TPSA) is 97.2 Å². The van der Waals surface area contributed by atoms with E-state index in [1.807, 2.05) is 24.3 Å². The third-order valence-electron chi connectivity index (χ3n) is 7.18. The molecule has 2 fully saturated rings. The second-order valence-corrected chi connectivity index (χ2v) is 9.11. The van der Waals surface area contributed by atoms with Gasteiger partial charge in [0.25, 0.3) is 0 Å². The molecule has 1 aromatic carbocycles. The number of amides is 1. The number of carbonyl (C=O) groups is 1. The minimum Gasteiger partial charge on any atom is -0.467 e. The lowest BCUT2D eigenvalue weighted by atomic mass is 9.94. The van der Waals surface area contributed by atoms with Crippen molar-refractivity contribution >= 4 is 17.5 Å². The molecule has 4 heterocycles. The number of ether oxygens (including phenoxy) is 3. The number of methoxy groups -OCH3 is 1. The van der Waals surface area contributed by atoms with Crippen molar-refractivity contribution in [1.29, 1.82) is 0 Å². The molecule has 0 radical (unpaired) electrons. The number of carboxylic acid groups (broad SMARTS) is 1. The summed E-state index contributed by atoms with van der Waals surface area (Å²) >= 11 is 0. The van der Waals surface area contributed by atoms with Gasteiger partial charge >= 0.3 is 6.09 Å². The molecule has 1 N–H and O–H groups in total. The Morgan fingerprint density at radius 1 is 1.31 bits per heavy atom. The Hall–Kier alpha value is -3.24. The van der Waals surface area contributed by atoms with Gasteiger partial charge in [-0.2, -0.15) is 0 Å². The lowest BCUT2D eigenvalue weighted by Crippen LogP contribution is -2.58. The fraction of sp³-hybridized carbons (Fsp3) is 0.480. The van der Waals surface area contributed by atoms with Crippen molar-refractivity contribution in [3.8, 4) is 17.0 Å². The van der Waals surface area contributed by atoms with E-state index in [9.17, 15) is 9.90 Å². The van der Waals surface area contributed by atoms with Gasteiger partial charge in [0, 0.05) is 25.8 Å². The summed E-state index contributed by atoms with van der Waals surface area (Å²) in [5.41, 5.74) is 3.50. The van der Waals surface area contributed by atoms with Crippen LogP contribution in [-0.4, -0.2) is 84.5 Å². The molecule has 1 aromatic heterocycles. The number of piperidine rings is 1. The molecule has 2 bridgehead atoms. The van der Waals surface area contributed by atoms with Crippen LogP contribution in [0.4, 0.5) is 15.0 Å². The van der Waals surface area contributed by atoms with Crippen molar-refractivity contribution in [2.45, 2.75) is 43.6 Å². The minimum atomic E-state index is -1.29. The molecule has 1 amide bonds. The zero-order valence-electron chi connectivity index (χ0n) is 19.8. The highest BCUT2D eigenvalue weighted by atomic mass is 19.1. The summed E-state index contributed by atoms with van der Waals surface area (Å²) in [5.74, 6) is 1.16. The van der Waals surface area contributed by atoms with Crippen LogP contribution in [0.2, 0.25) is 0 Å². The Kier molecular flexibility index (Phi) is 6.57. The zero-order chi connectivity index (χ0) is 24.5. The maximum Gasteiger partial charge on any atom is 0.407 e. The molecule has 0 spiro atoms. The monoisotopic (exact) mass is 484 g/mol. The van der Waals surface area contributed by atoms with Gasteiger partial charge in [0.15, 0.2) is 6.79 Å². The van der Waals surface area contributed by atoms with Crippen LogP contribution in [-0.2, 0) is 9.47 Å². The summed E-state index contributed by atoms with van der Waals surface area (Å²) < 4.78 is 31.7. The van der Waals surface area contributed by atoms with Gasteiger partial charge in [-0.15, -0.1) is 0 Å². The van der Waals surface area contributed by atoms with Crippen molar-refractivity contribution in [1.82, 2.24) is 14.9 Å². The van der Waals surface area contributed by atoms with Crippen molar-refractivity contribution in [2.75, 3.05) is 39.1 Å². The van der Waals surface area contributed by atoms with E-state index >= 15 is 4.39 Å². The smallest absolute Gasteiger partial charge is 0.407 e. The third kappa shape index (κ3) is 4.43. The number of hydrogen-bond donors (Lipinski definition) is 1. The molecule has 0 aliphatic carbocycles. The Bertz CT molecular complexity index is 1110. The van der Waals surface area contributed by atoms with E-state index < -0.39 is 24.3 Å². The van der Waals surface area contributed by atoms with E-state index in [4.69, 9.17) is 14.2 Å². The molecule has 186 valence electrons. The van der Waals surface area contributed by atoms with Gasteiger partial charge in [-0.05, 0) is 42.5 Å². The molecular weight excluding hydrogens is 455 g/mol. The largest absolute Gasteiger partial charge is 0.467 e. The number of rotatable bonds is 7. The molecule has 0 saturated carbocycles.